The number of fused-ring (bicyclic) bond motifs is 1. The third-order valence-corrected chi connectivity index (χ3v) is 8.92. The van der Waals surface area contributed by atoms with Gasteiger partial charge in [-0.05, 0) is 18.2 Å². The van der Waals surface area contributed by atoms with Crippen LogP contribution in [-0.4, -0.2) is 11.6 Å². The molecule has 0 unspecified atom stereocenters. The molecule has 0 spiro atoms. The van der Waals surface area contributed by atoms with Crippen molar-refractivity contribution in [2.24, 2.45) is 0 Å². The minimum Gasteiger partial charge on any atom is -0.337 e. The molecular weight excluding hydrogens is 490 g/mol. The molecule has 2 aromatic carbocycles. The third-order valence-electron chi connectivity index (χ3n) is 5.37. The van der Waals surface area contributed by atoms with E-state index in [9.17, 15) is 4.79 Å². The Morgan fingerprint density at radius 1 is 1.18 bits per heavy atom. The molecule has 4 aromatic rings. The summed E-state index contributed by atoms with van der Waals surface area (Å²) in [6.45, 7) is 5.11. The summed E-state index contributed by atoms with van der Waals surface area (Å²) in [5, 5.41) is 4.80. The van der Waals surface area contributed by atoms with E-state index in [1.54, 1.807) is 33.7 Å². The van der Waals surface area contributed by atoms with Gasteiger partial charge in [-0.3, -0.25) is 9.36 Å². The third kappa shape index (κ3) is 4.34. The zero-order valence-electron chi connectivity index (χ0n) is 17.9. The lowest BCUT2D eigenvalue weighted by atomic mass is 10.2. The highest BCUT2D eigenvalue weighted by Crippen LogP contribution is 2.46. The fourth-order valence-electron chi connectivity index (χ4n) is 3.75. The monoisotopic (exact) mass is 510 g/mol. The van der Waals surface area contributed by atoms with E-state index < -0.39 is 0 Å². The quantitative estimate of drug-likeness (QED) is 0.296. The Hall–Kier alpha value is -2.58. The lowest BCUT2D eigenvalue weighted by Crippen LogP contribution is -2.36. The molecule has 0 saturated heterocycles. The molecule has 4 nitrogen and oxygen atoms in total. The SMILES string of the molecule is C=CCn1c(=O)/c(=C2\Sc3cc(Cl)ccc3N2C)s/c1=C\c1scc[n+]1Cc1ccccc1. The van der Waals surface area contributed by atoms with Crippen molar-refractivity contribution < 1.29 is 4.57 Å². The van der Waals surface area contributed by atoms with Crippen LogP contribution in [0.5, 0.6) is 0 Å². The van der Waals surface area contributed by atoms with Crippen molar-refractivity contribution in [3.05, 3.63) is 108 Å². The highest BCUT2D eigenvalue weighted by atomic mass is 35.5. The first-order valence-electron chi connectivity index (χ1n) is 10.3. The summed E-state index contributed by atoms with van der Waals surface area (Å²) < 4.78 is 5.66. The van der Waals surface area contributed by atoms with E-state index in [2.05, 4.69) is 58.0 Å². The molecule has 0 fully saturated rings. The van der Waals surface area contributed by atoms with Gasteiger partial charge in [-0.15, -0.1) is 17.9 Å². The summed E-state index contributed by atoms with van der Waals surface area (Å²) in [5.41, 5.74) is 2.30. The van der Waals surface area contributed by atoms with Gasteiger partial charge in [-0.2, -0.15) is 4.57 Å². The molecule has 1 aliphatic rings. The van der Waals surface area contributed by atoms with Crippen LogP contribution in [-0.2, 0) is 13.1 Å². The van der Waals surface area contributed by atoms with E-state index in [4.69, 9.17) is 11.6 Å². The summed E-state index contributed by atoms with van der Waals surface area (Å²) in [5.74, 6) is 0. The average Bonchev–Trinajstić information content (AvgIpc) is 3.47. The van der Waals surface area contributed by atoms with Crippen LogP contribution >= 0.6 is 46.0 Å². The second-order valence-electron chi connectivity index (χ2n) is 7.55. The van der Waals surface area contributed by atoms with E-state index in [1.807, 2.05) is 31.3 Å². The molecule has 5 rings (SSSR count). The van der Waals surface area contributed by atoms with Gasteiger partial charge in [0.2, 0.25) is 0 Å². The minimum absolute atomic E-state index is 0.00516. The average molecular weight is 511 g/mol. The molecule has 0 bridgehead atoms. The Labute approximate surface area is 209 Å². The Morgan fingerprint density at radius 2 is 2.00 bits per heavy atom. The fourth-order valence-corrected chi connectivity index (χ4v) is 7.28. The summed E-state index contributed by atoms with van der Waals surface area (Å²) in [7, 11) is 2.00. The summed E-state index contributed by atoms with van der Waals surface area (Å²) >= 11 is 11.0. The summed E-state index contributed by atoms with van der Waals surface area (Å²) in [6, 6.07) is 16.2. The van der Waals surface area contributed by atoms with E-state index in [0.717, 1.165) is 36.4 Å². The lowest BCUT2D eigenvalue weighted by molar-refractivity contribution is -0.685. The van der Waals surface area contributed by atoms with Crippen molar-refractivity contribution in [2.75, 3.05) is 11.9 Å². The Balaban J connectivity index is 1.63. The van der Waals surface area contributed by atoms with E-state index in [0.29, 0.717) is 11.6 Å². The maximum absolute atomic E-state index is 13.5. The van der Waals surface area contributed by atoms with E-state index in [-0.39, 0.29) is 5.56 Å². The molecule has 0 N–H and O–H groups in total. The number of anilines is 1. The second-order valence-corrected chi connectivity index (χ2v) is 11.0. The number of allylic oxidation sites excluding steroid dienone is 1. The minimum atomic E-state index is 0.00516. The van der Waals surface area contributed by atoms with Crippen LogP contribution in [0.3, 0.4) is 0 Å². The molecule has 33 heavy (non-hydrogen) atoms. The van der Waals surface area contributed by atoms with Crippen LogP contribution in [0.2, 0.25) is 5.02 Å². The fraction of sp³-hybridized carbons (Fsp3) is 0.120. The molecule has 0 aliphatic carbocycles. The van der Waals surface area contributed by atoms with Crippen molar-refractivity contribution in [1.82, 2.24) is 4.57 Å². The predicted molar refractivity (Wildman–Crippen MR) is 141 cm³/mol. The smallest absolute Gasteiger partial charge is 0.272 e. The van der Waals surface area contributed by atoms with Crippen molar-refractivity contribution >= 4 is 62.8 Å². The lowest BCUT2D eigenvalue weighted by Gasteiger charge is -2.12. The predicted octanol–water partition coefficient (Wildman–Crippen LogP) is 4.28. The largest absolute Gasteiger partial charge is 0.337 e. The topological polar surface area (TPSA) is 29.1 Å². The first-order valence-corrected chi connectivity index (χ1v) is 13.2. The number of rotatable bonds is 5. The van der Waals surface area contributed by atoms with Crippen LogP contribution in [0, 0.1) is 0 Å². The van der Waals surface area contributed by atoms with Gasteiger partial charge in [0.1, 0.15) is 14.2 Å². The number of hydrogen-bond donors (Lipinski definition) is 0. The molecular formula is C25H21ClN3OS3+. The zero-order chi connectivity index (χ0) is 22.9. The van der Waals surface area contributed by atoms with Crippen LogP contribution in [0.25, 0.3) is 11.1 Å². The van der Waals surface area contributed by atoms with Crippen LogP contribution < -0.4 is 24.2 Å². The normalized spacial score (nSPS) is 15.2. The van der Waals surface area contributed by atoms with Gasteiger partial charge in [-0.25, -0.2) is 0 Å². The van der Waals surface area contributed by atoms with Crippen molar-refractivity contribution in [2.45, 2.75) is 18.0 Å². The van der Waals surface area contributed by atoms with Gasteiger partial charge in [0.25, 0.3) is 10.6 Å². The van der Waals surface area contributed by atoms with Gasteiger partial charge in [0.05, 0.1) is 17.1 Å². The molecule has 166 valence electrons. The number of benzene rings is 2. The number of thioether (sulfide) groups is 1. The summed E-state index contributed by atoms with van der Waals surface area (Å²) in [6.07, 6.45) is 5.97. The first kappa shape index (κ1) is 22.2. The Bertz CT molecular complexity index is 1520. The van der Waals surface area contributed by atoms with Crippen LogP contribution in [0.4, 0.5) is 5.69 Å². The van der Waals surface area contributed by atoms with Crippen molar-refractivity contribution in [3.63, 3.8) is 0 Å². The zero-order valence-corrected chi connectivity index (χ0v) is 21.1. The highest BCUT2D eigenvalue weighted by Gasteiger charge is 2.25. The highest BCUT2D eigenvalue weighted by molar-refractivity contribution is 8.08. The number of nitrogens with zero attached hydrogens (tertiary/aromatic N) is 3. The van der Waals surface area contributed by atoms with E-state index in [1.165, 1.54) is 16.9 Å². The molecule has 1 aliphatic heterocycles. The molecule has 0 amide bonds. The molecule has 2 aromatic heterocycles. The van der Waals surface area contributed by atoms with Gasteiger partial charge >= 0.3 is 0 Å². The van der Waals surface area contributed by atoms with Gasteiger partial charge < -0.3 is 4.90 Å². The Kier molecular flexibility index (Phi) is 6.29. The van der Waals surface area contributed by atoms with Gasteiger partial charge in [0.15, 0.2) is 12.7 Å². The Morgan fingerprint density at radius 3 is 2.79 bits per heavy atom. The maximum Gasteiger partial charge on any atom is 0.272 e. The molecule has 8 heteroatoms. The molecule has 0 atom stereocenters. The van der Waals surface area contributed by atoms with Gasteiger partial charge in [0, 0.05) is 29.1 Å². The maximum atomic E-state index is 13.5. The number of aromatic nitrogens is 2. The number of thiazole rings is 2. The number of hydrogen-bond acceptors (Lipinski definition) is 5. The van der Waals surface area contributed by atoms with E-state index >= 15 is 0 Å². The summed E-state index contributed by atoms with van der Waals surface area (Å²) in [4.78, 5) is 16.6. The van der Waals surface area contributed by atoms with Crippen molar-refractivity contribution in [3.8, 4) is 0 Å². The van der Waals surface area contributed by atoms with Crippen LogP contribution in [0.15, 0.2) is 82.5 Å². The second kappa shape index (κ2) is 9.35. The number of halogens is 1. The molecule has 0 saturated carbocycles. The van der Waals surface area contributed by atoms with Crippen LogP contribution in [0.1, 0.15) is 10.6 Å². The first-order chi connectivity index (χ1) is 16.0. The van der Waals surface area contributed by atoms with Crippen molar-refractivity contribution in [1.29, 1.82) is 0 Å². The molecule has 0 radical (unpaired) electrons. The van der Waals surface area contributed by atoms with Gasteiger partial charge in [-0.1, -0.05) is 71.1 Å². The molecule has 3 heterocycles. The standard InChI is InChI=1S/C25H21ClN3OS3/c1-3-11-29-22(15-21-28(12-13-31-21)16-17-7-5-4-6-8-17)33-23(24(29)30)25-27(2)19-10-9-18(26)14-20(19)32-25/h3-10,12-15H,1,11,16H2,2H3/q+1/b25-23+.